The summed E-state index contributed by atoms with van der Waals surface area (Å²) in [4.78, 5) is 26.7. The van der Waals surface area contributed by atoms with Crippen LogP contribution in [0.25, 0.3) is 5.65 Å². The zero-order valence-electron chi connectivity index (χ0n) is 11.7. The molecule has 0 atom stereocenters. The number of aromatic nitrogens is 2. The van der Waals surface area contributed by atoms with Crippen LogP contribution in [0.15, 0.2) is 48.8 Å². The summed E-state index contributed by atoms with van der Waals surface area (Å²) in [5, 5.41) is 13.3. The number of amides is 1. The van der Waals surface area contributed by atoms with Crippen LogP contribution < -0.4 is 5.32 Å². The molecule has 2 heterocycles. The Kier molecular flexibility index (Phi) is 3.30. The van der Waals surface area contributed by atoms with E-state index in [-0.39, 0.29) is 11.4 Å². The summed E-state index contributed by atoms with van der Waals surface area (Å²) in [5.41, 5.74) is 2.24. The molecule has 0 spiro atoms. The van der Waals surface area contributed by atoms with Crippen molar-refractivity contribution >= 4 is 22.9 Å². The molecule has 0 bridgehead atoms. The SMILES string of the molecule is Cc1ccn2cc(C(=O)Nc3cccc([N+](=O)[O-])c3)nc2c1. The molecule has 0 saturated carbocycles. The highest BCUT2D eigenvalue weighted by Crippen LogP contribution is 2.18. The number of rotatable bonds is 3. The van der Waals surface area contributed by atoms with Gasteiger partial charge in [0.1, 0.15) is 11.3 Å². The molecule has 0 radical (unpaired) electrons. The van der Waals surface area contributed by atoms with E-state index in [1.165, 1.54) is 18.2 Å². The van der Waals surface area contributed by atoms with Crippen molar-refractivity contribution in [2.45, 2.75) is 6.92 Å². The number of hydrogen-bond donors (Lipinski definition) is 1. The van der Waals surface area contributed by atoms with Gasteiger partial charge in [-0.25, -0.2) is 4.98 Å². The molecule has 1 aromatic carbocycles. The summed E-state index contributed by atoms with van der Waals surface area (Å²) in [5.74, 6) is -0.415. The molecule has 7 heteroatoms. The van der Waals surface area contributed by atoms with Gasteiger partial charge in [0.25, 0.3) is 11.6 Å². The lowest BCUT2D eigenvalue weighted by molar-refractivity contribution is -0.384. The average molecular weight is 296 g/mol. The third-order valence-corrected chi connectivity index (χ3v) is 3.16. The second-order valence-electron chi connectivity index (χ2n) is 4.86. The molecule has 1 amide bonds. The molecule has 2 aromatic heterocycles. The number of imidazole rings is 1. The minimum atomic E-state index is -0.511. The number of carbonyl (C=O) groups is 1. The number of nitrogens with zero attached hydrogens (tertiary/aromatic N) is 3. The topological polar surface area (TPSA) is 89.5 Å². The van der Waals surface area contributed by atoms with Crippen LogP contribution >= 0.6 is 0 Å². The van der Waals surface area contributed by atoms with Crippen molar-refractivity contribution < 1.29 is 9.72 Å². The van der Waals surface area contributed by atoms with Gasteiger partial charge in [-0.15, -0.1) is 0 Å². The van der Waals surface area contributed by atoms with Crippen molar-refractivity contribution in [1.29, 1.82) is 0 Å². The van der Waals surface area contributed by atoms with Gasteiger partial charge in [0.15, 0.2) is 0 Å². The fourth-order valence-electron chi connectivity index (χ4n) is 2.09. The number of nitro groups is 1. The van der Waals surface area contributed by atoms with Crippen LogP contribution in [0.2, 0.25) is 0 Å². The second kappa shape index (κ2) is 5.28. The van der Waals surface area contributed by atoms with Gasteiger partial charge in [-0.3, -0.25) is 14.9 Å². The Balaban J connectivity index is 1.86. The Morgan fingerprint density at radius 2 is 2.14 bits per heavy atom. The van der Waals surface area contributed by atoms with Gasteiger partial charge in [0.05, 0.1) is 4.92 Å². The lowest BCUT2D eigenvalue weighted by atomic mass is 10.2. The largest absolute Gasteiger partial charge is 0.320 e. The molecule has 7 nitrogen and oxygen atoms in total. The highest BCUT2D eigenvalue weighted by atomic mass is 16.6. The third kappa shape index (κ3) is 2.64. The standard InChI is InChI=1S/C15H12N4O3/c1-10-5-6-18-9-13(17-14(18)7-10)15(20)16-11-3-2-4-12(8-11)19(21)22/h2-9H,1H3,(H,16,20). The summed E-state index contributed by atoms with van der Waals surface area (Å²) >= 11 is 0. The van der Waals surface area contributed by atoms with Crippen LogP contribution in [0.1, 0.15) is 16.1 Å². The Bertz CT molecular complexity index is 885. The van der Waals surface area contributed by atoms with Crippen molar-refractivity contribution in [3.8, 4) is 0 Å². The highest BCUT2D eigenvalue weighted by molar-refractivity contribution is 6.03. The Labute approximate surface area is 125 Å². The molecule has 22 heavy (non-hydrogen) atoms. The quantitative estimate of drug-likeness (QED) is 0.594. The van der Waals surface area contributed by atoms with Gasteiger partial charge in [-0.2, -0.15) is 0 Å². The number of aryl methyl sites for hydroxylation is 1. The summed E-state index contributed by atoms with van der Waals surface area (Å²) < 4.78 is 1.75. The van der Waals surface area contributed by atoms with Gasteiger partial charge in [-0.05, 0) is 30.7 Å². The van der Waals surface area contributed by atoms with Crippen LogP contribution in [0.5, 0.6) is 0 Å². The van der Waals surface area contributed by atoms with Crippen molar-refractivity contribution in [2.75, 3.05) is 5.32 Å². The predicted octanol–water partition coefficient (Wildman–Crippen LogP) is 2.80. The van der Waals surface area contributed by atoms with Gasteiger partial charge < -0.3 is 9.72 Å². The molecule has 3 rings (SSSR count). The van der Waals surface area contributed by atoms with E-state index in [1.54, 1.807) is 16.7 Å². The molecule has 0 aliphatic carbocycles. The van der Waals surface area contributed by atoms with Gasteiger partial charge in [-0.1, -0.05) is 6.07 Å². The van der Waals surface area contributed by atoms with Crippen molar-refractivity contribution in [2.24, 2.45) is 0 Å². The van der Waals surface area contributed by atoms with Crippen molar-refractivity contribution in [1.82, 2.24) is 9.38 Å². The van der Waals surface area contributed by atoms with E-state index in [1.807, 2.05) is 25.3 Å². The maximum Gasteiger partial charge on any atom is 0.275 e. The zero-order chi connectivity index (χ0) is 15.7. The van der Waals surface area contributed by atoms with Gasteiger partial charge in [0.2, 0.25) is 0 Å². The van der Waals surface area contributed by atoms with Crippen molar-refractivity contribution in [3.05, 3.63) is 70.2 Å². The van der Waals surface area contributed by atoms with Crippen LogP contribution in [0.4, 0.5) is 11.4 Å². The molecule has 0 fully saturated rings. The lowest BCUT2D eigenvalue weighted by Crippen LogP contribution is -2.12. The maximum atomic E-state index is 12.2. The number of anilines is 1. The summed E-state index contributed by atoms with van der Waals surface area (Å²) in [6, 6.07) is 9.55. The lowest BCUT2D eigenvalue weighted by Gasteiger charge is -2.02. The summed E-state index contributed by atoms with van der Waals surface area (Å²) in [6.45, 7) is 1.94. The number of hydrogen-bond acceptors (Lipinski definition) is 4. The first-order chi connectivity index (χ1) is 10.5. The molecule has 3 aromatic rings. The fraction of sp³-hybridized carbons (Fsp3) is 0.0667. The highest BCUT2D eigenvalue weighted by Gasteiger charge is 2.13. The smallest absolute Gasteiger partial charge is 0.275 e. The average Bonchev–Trinajstić information content (AvgIpc) is 2.90. The molecule has 110 valence electrons. The Morgan fingerprint density at radius 1 is 1.32 bits per heavy atom. The number of nitro benzene ring substituents is 1. The molecule has 0 saturated heterocycles. The minimum Gasteiger partial charge on any atom is -0.320 e. The number of pyridine rings is 1. The van der Waals surface area contributed by atoms with E-state index < -0.39 is 10.8 Å². The van der Waals surface area contributed by atoms with Crippen LogP contribution in [-0.2, 0) is 0 Å². The number of benzene rings is 1. The second-order valence-corrected chi connectivity index (χ2v) is 4.86. The molecule has 1 N–H and O–H groups in total. The van der Waals surface area contributed by atoms with Crippen LogP contribution in [-0.4, -0.2) is 20.2 Å². The fourth-order valence-corrected chi connectivity index (χ4v) is 2.09. The van der Waals surface area contributed by atoms with Gasteiger partial charge >= 0.3 is 0 Å². The van der Waals surface area contributed by atoms with E-state index in [0.29, 0.717) is 11.3 Å². The number of nitrogens with one attached hydrogen (secondary N) is 1. The summed E-state index contributed by atoms with van der Waals surface area (Å²) in [7, 11) is 0. The molecular formula is C15H12N4O3. The van der Waals surface area contributed by atoms with E-state index >= 15 is 0 Å². The van der Waals surface area contributed by atoms with E-state index in [9.17, 15) is 14.9 Å². The van der Waals surface area contributed by atoms with E-state index in [0.717, 1.165) is 5.56 Å². The van der Waals surface area contributed by atoms with Gasteiger partial charge in [0, 0.05) is 30.2 Å². The molecular weight excluding hydrogens is 284 g/mol. The molecule has 0 aliphatic heterocycles. The Hall–Kier alpha value is -3.22. The van der Waals surface area contributed by atoms with Crippen LogP contribution in [0, 0.1) is 17.0 Å². The van der Waals surface area contributed by atoms with Crippen molar-refractivity contribution in [3.63, 3.8) is 0 Å². The first-order valence-corrected chi connectivity index (χ1v) is 6.54. The Morgan fingerprint density at radius 3 is 2.91 bits per heavy atom. The number of fused-ring (bicyclic) bond motifs is 1. The number of non-ortho nitro benzene ring substituents is 1. The molecule has 0 unspecified atom stereocenters. The zero-order valence-corrected chi connectivity index (χ0v) is 11.7. The van der Waals surface area contributed by atoms with Crippen LogP contribution in [0.3, 0.4) is 0 Å². The monoisotopic (exact) mass is 296 g/mol. The third-order valence-electron chi connectivity index (χ3n) is 3.16. The first kappa shape index (κ1) is 13.7. The normalized spacial score (nSPS) is 10.6. The maximum absolute atomic E-state index is 12.2. The minimum absolute atomic E-state index is 0.0802. The summed E-state index contributed by atoms with van der Waals surface area (Å²) in [6.07, 6.45) is 3.43. The van der Waals surface area contributed by atoms with E-state index in [4.69, 9.17) is 0 Å². The number of carbonyl (C=O) groups excluding carboxylic acids is 1. The molecule has 0 aliphatic rings. The van der Waals surface area contributed by atoms with E-state index in [2.05, 4.69) is 10.3 Å². The predicted molar refractivity (Wildman–Crippen MR) is 81.0 cm³/mol. The first-order valence-electron chi connectivity index (χ1n) is 6.54.